The zero-order chi connectivity index (χ0) is 15.6. The van der Waals surface area contributed by atoms with Gasteiger partial charge in [-0.25, -0.2) is 0 Å². The first kappa shape index (κ1) is 15.0. The average Bonchev–Trinajstić information content (AvgIpc) is 2.89. The predicted molar refractivity (Wildman–Crippen MR) is 71.2 cm³/mol. The number of nitrogens with zero attached hydrogens (tertiary/aromatic N) is 1. The largest absolute Gasteiger partial charge is 0.480 e. The number of ether oxygens (including phenoxy) is 2. The Balaban J connectivity index is 2.21. The summed E-state index contributed by atoms with van der Waals surface area (Å²) in [7, 11) is 0. The second-order valence-electron chi connectivity index (χ2n) is 4.60. The molecule has 0 aromatic heterocycles. The van der Waals surface area contributed by atoms with Crippen molar-refractivity contribution >= 4 is 11.7 Å². The predicted octanol–water partition coefficient (Wildman–Crippen LogP) is 0.386. The van der Waals surface area contributed by atoms with Crippen LogP contribution in [0.1, 0.15) is 18.5 Å². The van der Waals surface area contributed by atoms with Crippen molar-refractivity contribution < 1.29 is 24.3 Å². The Morgan fingerprint density at radius 3 is 2.71 bits per heavy atom. The minimum Gasteiger partial charge on any atom is -0.480 e. The van der Waals surface area contributed by atoms with Gasteiger partial charge in [0.25, 0.3) is 5.69 Å². The Labute approximate surface area is 119 Å². The van der Waals surface area contributed by atoms with E-state index in [9.17, 15) is 14.9 Å². The molecule has 0 saturated heterocycles. The number of benzene rings is 1. The Morgan fingerprint density at radius 2 is 2.14 bits per heavy atom. The maximum Gasteiger partial charge on any atom is 0.321 e. The van der Waals surface area contributed by atoms with Crippen molar-refractivity contribution in [1.29, 1.82) is 0 Å². The van der Waals surface area contributed by atoms with Crippen LogP contribution in [0.2, 0.25) is 0 Å². The van der Waals surface area contributed by atoms with Gasteiger partial charge in [-0.15, -0.1) is 0 Å². The standard InChI is InChI=1S/C12H15N3O6/c1-6(14-4-8(13)12(16)17)7-2-10-11(21-5-20-10)3-9(7)15(18)19/h2-3,6,8,14H,4-5,13H2,1H3,(H,16,17)/t6?,8-/m0/s1. The van der Waals surface area contributed by atoms with Gasteiger partial charge in [-0.05, 0) is 13.0 Å². The molecule has 9 heteroatoms. The Hall–Kier alpha value is -2.39. The number of nitro groups is 1. The zero-order valence-corrected chi connectivity index (χ0v) is 11.2. The summed E-state index contributed by atoms with van der Waals surface area (Å²) in [6, 6.07) is 1.27. The average molecular weight is 297 g/mol. The second kappa shape index (κ2) is 5.94. The Morgan fingerprint density at radius 1 is 1.52 bits per heavy atom. The van der Waals surface area contributed by atoms with Gasteiger partial charge in [0.2, 0.25) is 6.79 Å². The van der Waals surface area contributed by atoms with Gasteiger partial charge >= 0.3 is 5.97 Å². The molecule has 2 rings (SSSR count). The van der Waals surface area contributed by atoms with E-state index in [1.54, 1.807) is 6.92 Å². The lowest BCUT2D eigenvalue weighted by molar-refractivity contribution is -0.385. The Bertz CT molecular complexity index is 576. The third-order valence-electron chi connectivity index (χ3n) is 3.15. The molecule has 0 saturated carbocycles. The number of nitrogens with one attached hydrogen (secondary N) is 1. The minimum atomic E-state index is -1.14. The van der Waals surface area contributed by atoms with Crippen LogP contribution in [0.15, 0.2) is 12.1 Å². The first-order valence-corrected chi connectivity index (χ1v) is 6.20. The van der Waals surface area contributed by atoms with Crippen LogP contribution < -0.4 is 20.5 Å². The molecule has 1 aliphatic rings. The molecule has 2 atom stereocenters. The van der Waals surface area contributed by atoms with E-state index in [0.717, 1.165) is 0 Å². The van der Waals surface area contributed by atoms with Gasteiger partial charge in [0.15, 0.2) is 11.5 Å². The fourth-order valence-electron chi connectivity index (χ4n) is 1.95. The van der Waals surface area contributed by atoms with Gasteiger partial charge in [0, 0.05) is 12.6 Å². The topological polar surface area (TPSA) is 137 Å². The molecule has 0 aliphatic carbocycles. The fraction of sp³-hybridized carbons (Fsp3) is 0.417. The van der Waals surface area contributed by atoms with Crippen LogP contribution in [0.25, 0.3) is 0 Å². The molecule has 0 spiro atoms. The maximum absolute atomic E-state index is 11.1. The summed E-state index contributed by atoms with van der Waals surface area (Å²) in [6.45, 7) is 1.68. The van der Waals surface area contributed by atoms with Gasteiger partial charge in [-0.1, -0.05) is 0 Å². The molecule has 1 aliphatic heterocycles. The SMILES string of the molecule is CC(NC[C@H](N)C(=O)O)c1cc2c(cc1[N+](=O)[O-])OCO2. The molecule has 4 N–H and O–H groups in total. The highest BCUT2D eigenvalue weighted by Gasteiger charge is 2.26. The molecule has 1 heterocycles. The number of nitro benzene ring substituents is 1. The van der Waals surface area contributed by atoms with E-state index in [1.165, 1.54) is 12.1 Å². The highest BCUT2D eigenvalue weighted by atomic mass is 16.7. The normalized spacial score (nSPS) is 15.5. The first-order chi connectivity index (χ1) is 9.90. The van der Waals surface area contributed by atoms with Crippen molar-refractivity contribution in [2.24, 2.45) is 5.73 Å². The van der Waals surface area contributed by atoms with E-state index in [0.29, 0.717) is 17.1 Å². The molecule has 0 amide bonds. The molecule has 9 nitrogen and oxygen atoms in total. The molecule has 0 bridgehead atoms. The molecular formula is C12H15N3O6. The highest BCUT2D eigenvalue weighted by molar-refractivity contribution is 5.73. The van der Waals surface area contributed by atoms with E-state index in [2.05, 4.69) is 5.32 Å². The van der Waals surface area contributed by atoms with E-state index >= 15 is 0 Å². The van der Waals surface area contributed by atoms with Gasteiger partial charge in [0.1, 0.15) is 6.04 Å². The fourth-order valence-corrected chi connectivity index (χ4v) is 1.95. The van der Waals surface area contributed by atoms with Gasteiger partial charge in [-0.2, -0.15) is 0 Å². The minimum absolute atomic E-state index is 0.0118. The van der Waals surface area contributed by atoms with Crippen LogP contribution >= 0.6 is 0 Å². The first-order valence-electron chi connectivity index (χ1n) is 6.20. The van der Waals surface area contributed by atoms with Crippen LogP contribution in [-0.4, -0.2) is 35.4 Å². The summed E-state index contributed by atoms with van der Waals surface area (Å²) in [5.74, 6) is -0.401. The highest BCUT2D eigenvalue weighted by Crippen LogP contribution is 2.39. The second-order valence-corrected chi connectivity index (χ2v) is 4.60. The van der Waals surface area contributed by atoms with E-state index < -0.39 is 23.0 Å². The summed E-state index contributed by atoms with van der Waals surface area (Å²) < 4.78 is 10.3. The molecule has 21 heavy (non-hydrogen) atoms. The molecule has 0 radical (unpaired) electrons. The molecule has 1 aromatic carbocycles. The van der Waals surface area contributed by atoms with Crippen LogP contribution in [0, 0.1) is 10.1 Å². The van der Waals surface area contributed by atoms with Crippen molar-refractivity contribution in [2.45, 2.75) is 19.0 Å². The third-order valence-corrected chi connectivity index (χ3v) is 3.15. The van der Waals surface area contributed by atoms with Crippen LogP contribution in [-0.2, 0) is 4.79 Å². The Kier molecular flexibility index (Phi) is 4.24. The van der Waals surface area contributed by atoms with Crippen molar-refractivity contribution in [2.75, 3.05) is 13.3 Å². The number of nitrogens with two attached hydrogens (primary N) is 1. The van der Waals surface area contributed by atoms with Gasteiger partial charge < -0.3 is 25.6 Å². The van der Waals surface area contributed by atoms with Crippen LogP contribution in [0.3, 0.4) is 0 Å². The smallest absolute Gasteiger partial charge is 0.321 e. The van der Waals surface area contributed by atoms with Gasteiger partial charge in [0.05, 0.1) is 16.6 Å². The van der Waals surface area contributed by atoms with E-state index in [4.69, 9.17) is 20.3 Å². The van der Waals surface area contributed by atoms with Crippen molar-refractivity contribution in [3.05, 3.63) is 27.8 Å². The monoisotopic (exact) mass is 297 g/mol. The van der Waals surface area contributed by atoms with Crippen LogP contribution in [0.5, 0.6) is 11.5 Å². The zero-order valence-electron chi connectivity index (χ0n) is 11.2. The summed E-state index contributed by atoms with van der Waals surface area (Å²) in [5, 5.41) is 22.7. The van der Waals surface area contributed by atoms with Crippen LogP contribution in [0.4, 0.5) is 5.69 Å². The molecule has 1 unspecified atom stereocenters. The number of rotatable bonds is 6. The molecule has 0 fully saturated rings. The lowest BCUT2D eigenvalue weighted by Crippen LogP contribution is -2.41. The third kappa shape index (κ3) is 3.20. The molecular weight excluding hydrogens is 282 g/mol. The number of aliphatic carboxylic acids is 1. The molecule has 1 aromatic rings. The molecule has 114 valence electrons. The summed E-state index contributed by atoms with van der Waals surface area (Å²) >= 11 is 0. The number of hydrogen-bond donors (Lipinski definition) is 3. The van der Waals surface area contributed by atoms with E-state index in [1.807, 2.05) is 0 Å². The number of carboxylic acids is 1. The van der Waals surface area contributed by atoms with E-state index in [-0.39, 0.29) is 19.0 Å². The lowest BCUT2D eigenvalue weighted by atomic mass is 10.0. The van der Waals surface area contributed by atoms with Crippen molar-refractivity contribution in [1.82, 2.24) is 5.32 Å². The number of carbonyl (C=O) groups is 1. The lowest BCUT2D eigenvalue weighted by Gasteiger charge is -2.16. The summed E-state index contributed by atoms with van der Waals surface area (Å²) in [4.78, 5) is 21.3. The summed E-state index contributed by atoms with van der Waals surface area (Å²) in [6.07, 6.45) is 0. The quantitative estimate of drug-likeness (QED) is 0.506. The van der Waals surface area contributed by atoms with Crippen molar-refractivity contribution in [3.8, 4) is 11.5 Å². The number of carboxylic acid groups (broad SMARTS) is 1. The number of fused-ring (bicyclic) bond motifs is 1. The van der Waals surface area contributed by atoms with Crippen molar-refractivity contribution in [3.63, 3.8) is 0 Å². The summed E-state index contributed by atoms with van der Waals surface area (Å²) in [5.41, 5.74) is 5.64. The van der Waals surface area contributed by atoms with Gasteiger partial charge in [-0.3, -0.25) is 14.9 Å². The maximum atomic E-state index is 11.1. The number of hydrogen-bond acceptors (Lipinski definition) is 7.